The molecule has 1 atom stereocenters. The Morgan fingerprint density at radius 2 is 2.05 bits per heavy atom. The Kier molecular flexibility index (Phi) is 7.16. The lowest BCUT2D eigenvalue weighted by molar-refractivity contribution is -0.137. The van der Waals surface area contributed by atoms with Gasteiger partial charge in [-0.1, -0.05) is 12.1 Å². The molecule has 7 heteroatoms. The SMILES string of the molecule is Cl.O=C(NCCC1CCCNC1)c1ccccc1C(F)(F)F. The van der Waals surface area contributed by atoms with Crippen LogP contribution in [-0.4, -0.2) is 25.5 Å². The van der Waals surface area contributed by atoms with Gasteiger partial charge in [0.2, 0.25) is 0 Å². The molecule has 0 radical (unpaired) electrons. The fraction of sp³-hybridized carbons (Fsp3) is 0.533. The number of rotatable bonds is 4. The maximum Gasteiger partial charge on any atom is 0.417 e. The van der Waals surface area contributed by atoms with Gasteiger partial charge in [0.05, 0.1) is 11.1 Å². The van der Waals surface area contributed by atoms with Gasteiger partial charge in [-0.2, -0.15) is 13.2 Å². The van der Waals surface area contributed by atoms with Gasteiger partial charge < -0.3 is 10.6 Å². The van der Waals surface area contributed by atoms with E-state index >= 15 is 0 Å². The van der Waals surface area contributed by atoms with Crippen molar-refractivity contribution in [3.63, 3.8) is 0 Å². The minimum absolute atomic E-state index is 0. The van der Waals surface area contributed by atoms with Crippen molar-refractivity contribution in [3.8, 4) is 0 Å². The number of halogens is 4. The lowest BCUT2D eigenvalue weighted by Gasteiger charge is -2.22. The molecule has 0 bridgehead atoms. The lowest BCUT2D eigenvalue weighted by Crippen LogP contribution is -2.33. The molecule has 3 nitrogen and oxygen atoms in total. The highest BCUT2D eigenvalue weighted by atomic mass is 35.5. The van der Waals surface area contributed by atoms with Gasteiger partial charge in [0.15, 0.2) is 0 Å². The standard InChI is InChI=1S/C15H19F3N2O.ClH/c16-15(17,18)13-6-2-1-5-12(13)14(21)20-9-7-11-4-3-8-19-10-11;/h1-2,5-6,11,19H,3-4,7-10H2,(H,20,21);1H. The number of piperidine rings is 1. The molecule has 124 valence electrons. The molecule has 1 amide bonds. The Labute approximate surface area is 134 Å². The average Bonchev–Trinajstić information content (AvgIpc) is 2.47. The Balaban J connectivity index is 0.00000242. The number of carbonyl (C=O) groups excluding carboxylic acids is 1. The van der Waals surface area contributed by atoms with E-state index in [4.69, 9.17) is 0 Å². The molecule has 2 N–H and O–H groups in total. The van der Waals surface area contributed by atoms with Crippen LogP contribution in [0.5, 0.6) is 0 Å². The first kappa shape index (κ1) is 18.8. The van der Waals surface area contributed by atoms with Crippen molar-refractivity contribution in [1.29, 1.82) is 0 Å². The van der Waals surface area contributed by atoms with E-state index in [0.717, 1.165) is 38.4 Å². The molecule has 1 saturated heterocycles. The van der Waals surface area contributed by atoms with Crippen LogP contribution >= 0.6 is 12.4 Å². The van der Waals surface area contributed by atoms with Crippen LogP contribution in [0.2, 0.25) is 0 Å². The largest absolute Gasteiger partial charge is 0.417 e. The molecule has 1 aromatic rings. The van der Waals surface area contributed by atoms with Crippen LogP contribution in [0.15, 0.2) is 24.3 Å². The van der Waals surface area contributed by atoms with Gasteiger partial charge in [-0.3, -0.25) is 4.79 Å². The Morgan fingerprint density at radius 3 is 2.68 bits per heavy atom. The van der Waals surface area contributed by atoms with Crippen LogP contribution in [0.1, 0.15) is 35.2 Å². The van der Waals surface area contributed by atoms with Crippen molar-refractivity contribution in [2.45, 2.75) is 25.4 Å². The lowest BCUT2D eigenvalue weighted by atomic mass is 9.96. The Morgan fingerprint density at radius 1 is 1.32 bits per heavy atom. The van der Waals surface area contributed by atoms with Crippen LogP contribution in [0, 0.1) is 5.92 Å². The summed E-state index contributed by atoms with van der Waals surface area (Å²) in [6.45, 7) is 2.33. The first-order valence-corrected chi connectivity index (χ1v) is 7.13. The number of hydrogen-bond donors (Lipinski definition) is 2. The van der Waals surface area contributed by atoms with E-state index in [1.807, 2.05) is 0 Å². The topological polar surface area (TPSA) is 41.1 Å². The Hall–Kier alpha value is -1.27. The van der Waals surface area contributed by atoms with Crippen molar-refractivity contribution in [1.82, 2.24) is 10.6 Å². The fourth-order valence-corrected chi connectivity index (χ4v) is 2.58. The minimum atomic E-state index is -4.51. The van der Waals surface area contributed by atoms with E-state index in [-0.39, 0.29) is 18.0 Å². The van der Waals surface area contributed by atoms with E-state index < -0.39 is 17.6 Å². The Bertz CT molecular complexity index is 488. The van der Waals surface area contributed by atoms with Gasteiger partial charge in [-0.15, -0.1) is 12.4 Å². The fourth-order valence-electron chi connectivity index (χ4n) is 2.58. The summed E-state index contributed by atoms with van der Waals surface area (Å²) in [5.41, 5.74) is -1.20. The number of benzene rings is 1. The minimum Gasteiger partial charge on any atom is -0.352 e. The van der Waals surface area contributed by atoms with Crippen molar-refractivity contribution >= 4 is 18.3 Å². The highest BCUT2D eigenvalue weighted by Crippen LogP contribution is 2.31. The zero-order chi connectivity index (χ0) is 15.3. The molecule has 1 aliphatic heterocycles. The summed E-state index contributed by atoms with van der Waals surface area (Å²) in [5, 5.41) is 5.86. The van der Waals surface area contributed by atoms with Crippen LogP contribution in [0.4, 0.5) is 13.2 Å². The zero-order valence-corrected chi connectivity index (χ0v) is 12.9. The average molecular weight is 337 g/mol. The predicted octanol–water partition coefficient (Wildman–Crippen LogP) is 3.25. The van der Waals surface area contributed by atoms with Crippen LogP contribution in [0.3, 0.4) is 0 Å². The maximum absolute atomic E-state index is 12.8. The number of alkyl halides is 3. The van der Waals surface area contributed by atoms with Crippen LogP contribution < -0.4 is 10.6 Å². The molecule has 2 rings (SSSR count). The van der Waals surface area contributed by atoms with Gasteiger partial charge >= 0.3 is 6.18 Å². The summed E-state index contributed by atoms with van der Waals surface area (Å²) in [6.07, 6.45) is -1.52. The smallest absolute Gasteiger partial charge is 0.352 e. The first-order chi connectivity index (χ1) is 9.98. The molecule has 1 heterocycles. The first-order valence-electron chi connectivity index (χ1n) is 7.13. The highest BCUT2D eigenvalue weighted by Gasteiger charge is 2.34. The normalized spacial score (nSPS) is 18.4. The van der Waals surface area contributed by atoms with Crippen molar-refractivity contribution in [3.05, 3.63) is 35.4 Å². The second-order valence-electron chi connectivity index (χ2n) is 5.30. The molecule has 1 aliphatic rings. The molecule has 1 fully saturated rings. The third-order valence-corrected chi connectivity index (χ3v) is 3.71. The predicted molar refractivity (Wildman–Crippen MR) is 81.2 cm³/mol. The molecule has 1 aromatic carbocycles. The zero-order valence-electron chi connectivity index (χ0n) is 12.1. The number of nitrogens with one attached hydrogen (secondary N) is 2. The summed E-state index contributed by atoms with van der Waals surface area (Å²) in [5.74, 6) is -0.177. The molecule has 22 heavy (non-hydrogen) atoms. The third-order valence-electron chi connectivity index (χ3n) is 3.71. The van der Waals surface area contributed by atoms with Gasteiger partial charge in [-0.05, 0) is 50.4 Å². The second kappa shape index (κ2) is 8.39. The molecule has 1 unspecified atom stereocenters. The summed E-state index contributed by atoms with van der Waals surface area (Å²) in [6, 6.07) is 4.86. The number of amides is 1. The second-order valence-corrected chi connectivity index (χ2v) is 5.30. The molecular formula is C15H20ClF3N2O. The molecule has 0 saturated carbocycles. The van der Waals surface area contributed by atoms with Gasteiger partial charge in [-0.25, -0.2) is 0 Å². The highest BCUT2D eigenvalue weighted by molar-refractivity contribution is 5.95. The van der Waals surface area contributed by atoms with Gasteiger partial charge in [0.1, 0.15) is 0 Å². The molecule has 0 aliphatic carbocycles. The summed E-state index contributed by atoms with van der Waals surface area (Å²) in [4.78, 5) is 11.9. The van der Waals surface area contributed by atoms with Gasteiger partial charge in [0, 0.05) is 6.54 Å². The van der Waals surface area contributed by atoms with Crippen molar-refractivity contribution in [2.24, 2.45) is 5.92 Å². The van der Waals surface area contributed by atoms with Crippen LogP contribution in [0.25, 0.3) is 0 Å². The quantitative estimate of drug-likeness (QED) is 0.886. The van der Waals surface area contributed by atoms with E-state index in [0.29, 0.717) is 12.5 Å². The summed E-state index contributed by atoms with van der Waals surface area (Å²) >= 11 is 0. The monoisotopic (exact) mass is 336 g/mol. The number of carbonyl (C=O) groups is 1. The van der Waals surface area contributed by atoms with Crippen molar-refractivity contribution in [2.75, 3.05) is 19.6 Å². The van der Waals surface area contributed by atoms with Gasteiger partial charge in [0.25, 0.3) is 5.91 Å². The van der Waals surface area contributed by atoms with E-state index in [2.05, 4.69) is 10.6 Å². The van der Waals surface area contributed by atoms with E-state index in [9.17, 15) is 18.0 Å². The number of hydrogen-bond acceptors (Lipinski definition) is 2. The van der Waals surface area contributed by atoms with E-state index in [1.54, 1.807) is 0 Å². The third kappa shape index (κ3) is 5.18. The summed E-state index contributed by atoms with van der Waals surface area (Å²) < 4.78 is 38.5. The maximum atomic E-state index is 12.8. The molecule has 0 aromatic heterocycles. The summed E-state index contributed by atoms with van der Waals surface area (Å²) in [7, 11) is 0. The van der Waals surface area contributed by atoms with Crippen molar-refractivity contribution < 1.29 is 18.0 Å². The molecule has 0 spiro atoms. The van der Waals surface area contributed by atoms with Crippen LogP contribution in [-0.2, 0) is 6.18 Å². The molecular weight excluding hydrogens is 317 g/mol. The van der Waals surface area contributed by atoms with E-state index in [1.165, 1.54) is 18.2 Å².